The van der Waals surface area contributed by atoms with Crippen LogP contribution in [0.1, 0.15) is 20.7 Å². The highest BCUT2D eigenvalue weighted by Crippen LogP contribution is 2.11. The van der Waals surface area contributed by atoms with E-state index in [1.54, 1.807) is 6.07 Å². The molecule has 0 unspecified atom stereocenters. The minimum absolute atomic E-state index is 0.132. The third kappa shape index (κ3) is 2.49. The normalized spacial score (nSPS) is 11.2. The molecule has 1 aromatic carbocycles. The lowest BCUT2D eigenvalue weighted by Gasteiger charge is -2.17. The number of aromatic carboxylic acids is 2. The van der Waals surface area contributed by atoms with Gasteiger partial charge < -0.3 is 10.2 Å². The van der Waals surface area contributed by atoms with Gasteiger partial charge in [0.25, 0.3) is 0 Å². The van der Waals surface area contributed by atoms with Gasteiger partial charge in [0.1, 0.15) is 0 Å². The van der Waals surface area contributed by atoms with Gasteiger partial charge in [-0.25, -0.2) is 9.59 Å². The van der Waals surface area contributed by atoms with Gasteiger partial charge in [0.2, 0.25) is 0 Å². The van der Waals surface area contributed by atoms with Gasteiger partial charge in [0.05, 0.1) is 19.2 Å². The Morgan fingerprint density at radius 2 is 1.50 bits per heavy atom. The van der Waals surface area contributed by atoms with E-state index in [2.05, 4.69) is 19.6 Å². The molecule has 0 aliphatic rings. The summed E-state index contributed by atoms with van der Waals surface area (Å²) in [6.45, 7) is 6.23. The number of hydrogen-bond donors (Lipinski definition) is 2. The SMILES string of the molecule is C[Si](C)(C)c1ccc(C(=O)O)c(C(=O)O)c1. The Balaban J connectivity index is 3.40. The fourth-order valence-corrected chi connectivity index (χ4v) is 2.53. The fraction of sp³-hybridized carbons (Fsp3) is 0.273. The van der Waals surface area contributed by atoms with Gasteiger partial charge in [-0.05, 0) is 12.1 Å². The number of benzene rings is 1. The molecule has 0 amide bonds. The van der Waals surface area contributed by atoms with Crippen LogP contribution >= 0.6 is 0 Å². The van der Waals surface area contributed by atoms with Crippen molar-refractivity contribution >= 4 is 25.2 Å². The highest BCUT2D eigenvalue weighted by molar-refractivity contribution is 6.88. The highest BCUT2D eigenvalue weighted by Gasteiger charge is 2.22. The first-order valence-corrected chi connectivity index (χ1v) is 8.34. The molecule has 5 heteroatoms. The quantitative estimate of drug-likeness (QED) is 0.785. The van der Waals surface area contributed by atoms with Crippen LogP contribution in [0.4, 0.5) is 0 Å². The summed E-state index contributed by atoms with van der Waals surface area (Å²) in [4.78, 5) is 21.8. The molecule has 0 bridgehead atoms. The number of rotatable bonds is 3. The minimum Gasteiger partial charge on any atom is -0.478 e. The van der Waals surface area contributed by atoms with E-state index in [9.17, 15) is 9.59 Å². The van der Waals surface area contributed by atoms with Crippen LogP contribution in [0.25, 0.3) is 0 Å². The zero-order valence-corrected chi connectivity index (χ0v) is 10.4. The second kappa shape index (κ2) is 4.09. The van der Waals surface area contributed by atoms with Gasteiger partial charge in [0.15, 0.2) is 0 Å². The number of carbonyl (C=O) groups is 2. The van der Waals surface area contributed by atoms with Crippen molar-refractivity contribution in [3.63, 3.8) is 0 Å². The van der Waals surface area contributed by atoms with Crippen LogP contribution in [0.5, 0.6) is 0 Å². The molecule has 0 heterocycles. The lowest BCUT2D eigenvalue weighted by molar-refractivity contribution is 0.0651. The Morgan fingerprint density at radius 1 is 1.00 bits per heavy atom. The molecule has 0 saturated heterocycles. The van der Waals surface area contributed by atoms with Crippen molar-refractivity contribution in [1.82, 2.24) is 0 Å². The van der Waals surface area contributed by atoms with Crippen LogP contribution in [0.2, 0.25) is 19.6 Å². The van der Waals surface area contributed by atoms with Crippen LogP contribution < -0.4 is 5.19 Å². The van der Waals surface area contributed by atoms with Crippen molar-refractivity contribution in [2.24, 2.45) is 0 Å². The third-order valence-corrected chi connectivity index (χ3v) is 4.39. The van der Waals surface area contributed by atoms with Crippen molar-refractivity contribution in [2.45, 2.75) is 19.6 Å². The first kappa shape index (κ1) is 12.4. The lowest BCUT2D eigenvalue weighted by atomic mass is 10.1. The standard InChI is InChI=1S/C11H14O4Si/c1-16(2,3)7-4-5-8(10(12)13)9(6-7)11(14)15/h4-6H,1-3H3,(H,12,13)(H,14,15). The van der Waals surface area contributed by atoms with Gasteiger partial charge in [-0.15, -0.1) is 0 Å². The Labute approximate surface area is 94.5 Å². The average Bonchev–Trinajstić information content (AvgIpc) is 2.15. The summed E-state index contributed by atoms with van der Waals surface area (Å²) >= 11 is 0. The number of carboxylic acid groups (broad SMARTS) is 2. The van der Waals surface area contributed by atoms with E-state index in [0.29, 0.717) is 0 Å². The van der Waals surface area contributed by atoms with Crippen LogP contribution in [0.3, 0.4) is 0 Å². The van der Waals surface area contributed by atoms with Crippen molar-refractivity contribution in [2.75, 3.05) is 0 Å². The van der Waals surface area contributed by atoms with Crippen LogP contribution in [-0.4, -0.2) is 30.2 Å². The number of carboxylic acids is 2. The zero-order chi connectivity index (χ0) is 12.5. The van der Waals surface area contributed by atoms with E-state index >= 15 is 0 Å². The molecule has 2 N–H and O–H groups in total. The summed E-state index contributed by atoms with van der Waals surface area (Å²) in [6, 6.07) is 4.57. The number of hydrogen-bond acceptors (Lipinski definition) is 2. The first-order chi connectivity index (χ1) is 7.23. The molecule has 0 aliphatic heterocycles. The highest BCUT2D eigenvalue weighted by atomic mass is 28.3. The van der Waals surface area contributed by atoms with Gasteiger partial charge in [-0.1, -0.05) is 30.9 Å². The van der Waals surface area contributed by atoms with Gasteiger partial charge in [-0.2, -0.15) is 0 Å². The summed E-state index contributed by atoms with van der Waals surface area (Å²) < 4.78 is 0. The molecule has 0 aliphatic carbocycles. The molecule has 4 nitrogen and oxygen atoms in total. The largest absolute Gasteiger partial charge is 0.478 e. The van der Waals surface area contributed by atoms with E-state index in [0.717, 1.165) is 5.19 Å². The molecular formula is C11H14O4Si. The fourth-order valence-electron chi connectivity index (χ4n) is 1.37. The van der Waals surface area contributed by atoms with Gasteiger partial charge in [0, 0.05) is 0 Å². The first-order valence-electron chi connectivity index (χ1n) is 4.84. The molecule has 0 radical (unpaired) electrons. The average molecular weight is 238 g/mol. The van der Waals surface area contributed by atoms with E-state index < -0.39 is 20.0 Å². The summed E-state index contributed by atoms with van der Waals surface area (Å²) in [5, 5.41) is 18.8. The molecule has 0 spiro atoms. The molecule has 1 rings (SSSR count). The van der Waals surface area contributed by atoms with Crippen molar-refractivity contribution in [3.05, 3.63) is 29.3 Å². The molecule has 16 heavy (non-hydrogen) atoms. The maximum Gasteiger partial charge on any atom is 0.336 e. The molecule has 0 saturated carbocycles. The summed E-state index contributed by atoms with van der Waals surface area (Å²) in [6.07, 6.45) is 0. The summed E-state index contributed by atoms with van der Waals surface area (Å²) in [7, 11) is -1.62. The maximum absolute atomic E-state index is 11.0. The van der Waals surface area contributed by atoms with Gasteiger partial charge >= 0.3 is 11.9 Å². The molecule has 1 aromatic rings. The second-order valence-corrected chi connectivity index (χ2v) is 9.70. The summed E-state index contributed by atoms with van der Waals surface area (Å²) in [5.74, 6) is -2.41. The maximum atomic E-state index is 11.0. The van der Waals surface area contributed by atoms with E-state index in [4.69, 9.17) is 10.2 Å². The predicted octanol–water partition coefficient (Wildman–Crippen LogP) is 1.63. The monoisotopic (exact) mass is 238 g/mol. The Bertz CT molecular complexity index is 446. The van der Waals surface area contributed by atoms with Crippen molar-refractivity contribution < 1.29 is 19.8 Å². The smallest absolute Gasteiger partial charge is 0.336 e. The predicted molar refractivity (Wildman–Crippen MR) is 63.3 cm³/mol. The van der Waals surface area contributed by atoms with Gasteiger partial charge in [-0.3, -0.25) is 0 Å². The molecule has 86 valence electrons. The van der Waals surface area contributed by atoms with Crippen molar-refractivity contribution in [3.8, 4) is 0 Å². The Hall–Kier alpha value is -1.62. The van der Waals surface area contributed by atoms with E-state index in [-0.39, 0.29) is 11.1 Å². The zero-order valence-electron chi connectivity index (χ0n) is 9.44. The second-order valence-electron chi connectivity index (χ2n) is 4.62. The van der Waals surface area contributed by atoms with Crippen LogP contribution in [0.15, 0.2) is 18.2 Å². The topological polar surface area (TPSA) is 74.6 Å². The van der Waals surface area contributed by atoms with E-state index in [1.807, 2.05) is 0 Å². The molecule has 0 atom stereocenters. The summed E-state index contributed by atoms with van der Waals surface area (Å²) in [5.41, 5.74) is -0.290. The Kier molecular flexibility index (Phi) is 3.18. The molecule has 0 fully saturated rings. The molecular weight excluding hydrogens is 224 g/mol. The Morgan fingerprint density at radius 3 is 1.88 bits per heavy atom. The van der Waals surface area contributed by atoms with Crippen LogP contribution in [0, 0.1) is 0 Å². The minimum atomic E-state index is -1.62. The van der Waals surface area contributed by atoms with E-state index in [1.165, 1.54) is 12.1 Å². The molecule has 0 aromatic heterocycles. The van der Waals surface area contributed by atoms with Crippen LogP contribution in [-0.2, 0) is 0 Å². The van der Waals surface area contributed by atoms with Crippen molar-refractivity contribution in [1.29, 1.82) is 0 Å². The lowest BCUT2D eigenvalue weighted by Crippen LogP contribution is -2.38. The third-order valence-electron chi connectivity index (χ3n) is 2.35.